The van der Waals surface area contributed by atoms with Crippen LogP contribution < -0.4 is 15.4 Å². The molecule has 0 atom stereocenters. The number of hydrogen-bond acceptors (Lipinski definition) is 3. The molecular weight excluding hydrogens is 295 g/mol. The Balaban J connectivity index is 0.00000127. The maximum Gasteiger partial charge on any atom is 0.253 e. The average Bonchev–Trinajstić information content (AvgIpc) is 2.61. The maximum absolute atomic E-state index is 13.8. The van der Waals surface area contributed by atoms with Gasteiger partial charge in [0.2, 0.25) is 0 Å². The summed E-state index contributed by atoms with van der Waals surface area (Å²) in [6, 6.07) is 12.1. The van der Waals surface area contributed by atoms with Crippen LogP contribution in [0.4, 0.5) is 10.1 Å². The van der Waals surface area contributed by atoms with Crippen molar-refractivity contribution in [3.8, 4) is 5.75 Å². The van der Waals surface area contributed by atoms with Gasteiger partial charge in [0.05, 0.1) is 12.7 Å². The first-order valence-electron chi connectivity index (χ1n) is 7.52. The van der Waals surface area contributed by atoms with Crippen LogP contribution in [0.1, 0.15) is 29.8 Å². The number of carbonyl (C=O) groups is 1. The first-order chi connectivity index (χ1) is 11.1. The van der Waals surface area contributed by atoms with Crippen molar-refractivity contribution in [2.24, 2.45) is 0 Å². The van der Waals surface area contributed by atoms with Gasteiger partial charge in [-0.15, -0.1) is 0 Å². The quantitative estimate of drug-likeness (QED) is 0.881. The van der Waals surface area contributed by atoms with Gasteiger partial charge in [-0.2, -0.15) is 0 Å². The van der Waals surface area contributed by atoms with Crippen molar-refractivity contribution in [3.05, 3.63) is 59.4 Å². The molecule has 1 amide bonds. The number of ether oxygens (including phenoxy) is 1. The van der Waals surface area contributed by atoms with Crippen LogP contribution in [-0.4, -0.2) is 20.1 Å². The van der Waals surface area contributed by atoms with Crippen LogP contribution in [0.3, 0.4) is 0 Å². The van der Waals surface area contributed by atoms with Crippen molar-refractivity contribution in [3.63, 3.8) is 0 Å². The minimum absolute atomic E-state index is 0.0347. The van der Waals surface area contributed by atoms with Crippen LogP contribution in [0.5, 0.6) is 5.75 Å². The molecule has 0 radical (unpaired) electrons. The van der Waals surface area contributed by atoms with Gasteiger partial charge in [0.1, 0.15) is 11.6 Å². The van der Waals surface area contributed by atoms with E-state index in [4.69, 9.17) is 4.74 Å². The predicted octanol–water partition coefficient (Wildman–Crippen LogP) is 3.83. The van der Waals surface area contributed by atoms with Crippen LogP contribution in [0.25, 0.3) is 0 Å². The van der Waals surface area contributed by atoms with Crippen LogP contribution in [0.15, 0.2) is 42.5 Å². The number of nitrogens with one attached hydrogen (secondary N) is 2. The largest absolute Gasteiger partial charge is 0.497 e. The summed E-state index contributed by atoms with van der Waals surface area (Å²) in [6.07, 6.45) is 0. The van der Waals surface area contributed by atoms with Crippen molar-refractivity contribution < 1.29 is 13.9 Å². The standard InChI is InChI=1S/C16H17FN2O2.C2H6/c1-18-16(20)14-8-5-12(9-15(14)17)19-10-11-3-6-13(21-2)7-4-11;1-2/h3-9,19H,10H2,1-2H3,(H,18,20);1-2H3. The molecule has 0 aliphatic carbocycles. The lowest BCUT2D eigenvalue weighted by Crippen LogP contribution is -2.19. The Morgan fingerprint density at radius 3 is 2.30 bits per heavy atom. The number of halogens is 1. The summed E-state index contributed by atoms with van der Waals surface area (Å²) in [5.41, 5.74) is 1.70. The highest BCUT2D eigenvalue weighted by atomic mass is 19.1. The molecule has 5 heteroatoms. The molecule has 2 rings (SSSR count). The highest BCUT2D eigenvalue weighted by Gasteiger charge is 2.10. The van der Waals surface area contributed by atoms with Gasteiger partial charge in [-0.3, -0.25) is 4.79 Å². The first-order valence-corrected chi connectivity index (χ1v) is 7.52. The zero-order chi connectivity index (χ0) is 17.2. The summed E-state index contributed by atoms with van der Waals surface area (Å²) in [6.45, 7) is 4.56. The average molecular weight is 318 g/mol. The normalized spacial score (nSPS) is 9.43. The molecule has 124 valence electrons. The molecule has 0 unspecified atom stereocenters. The zero-order valence-electron chi connectivity index (χ0n) is 13.9. The summed E-state index contributed by atoms with van der Waals surface area (Å²) in [7, 11) is 3.08. The van der Waals surface area contributed by atoms with Gasteiger partial charge in [0.15, 0.2) is 0 Å². The fraction of sp³-hybridized carbons (Fsp3) is 0.278. The summed E-state index contributed by atoms with van der Waals surface area (Å²) in [5, 5.41) is 5.51. The van der Waals surface area contributed by atoms with Gasteiger partial charge in [0.25, 0.3) is 5.91 Å². The van der Waals surface area contributed by atoms with Gasteiger partial charge < -0.3 is 15.4 Å². The number of rotatable bonds is 5. The number of amides is 1. The van der Waals surface area contributed by atoms with Crippen LogP contribution in [-0.2, 0) is 6.54 Å². The minimum atomic E-state index is -0.547. The molecule has 4 nitrogen and oxygen atoms in total. The van der Waals surface area contributed by atoms with Crippen molar-refractivity contribution in [1.29, 1.82) is 0 Å². The minimum Gasteiger partial charge on any atom is -0.497 e. The third-order valence-corrected chi connectivity index (χ3v) is 3.10. The van der Waals surface area contributed by atoms with Crippen molar-refractivity contribution >= 4 is 11.6 Å². The summed E-state index contributed by atoms with van der Waals surface area (Å²) in [4.78, 5) is 11.4. The maximum atomic E-state index is 13.8. The van der Waals surface area contributed by atoms with E-state index in [2.05, 4.69) is 10.6 Å². The highest BCUT2D eigenvalue weighted by Crippen LogP contribution is 2.17. The first kappa shape index (κ1) is 18.5. The van der Waals surface area contributed by atoms with Crippen LogP contribution in [0, 0.1) is 5.82 Å². The molecule has 23 heavy (non-hydrogen) atoms. The molecular formula is C18H23FN2O2. The van der Waals surface area contributed by atoms with Crippen molar-refractivity contribution in [2.45, 2.75) is 20.4 Å². The van der Waals surface area contributed by atoms with Gasteiger partial charge >= 0.3 is 0 Å². The number of anilines is 1. The molecule has 0 bridgehead atoms. The SMILES string of the molecule is CC.CNC(=O)c1ccc(NCc2ccc(OC)cc2)cc1F. The van der Waals surface area contributed by atoms with Gasteiger partial charge in [0, 0.05) is 19.3 Å². The smallest absolute Gasteiger partial charge is 0.253 e. The third-order valence-electron chi connectivity index (χ3n) is 3.10. The number of benzene rings is 2. The van der Waals surface area contributed by atoms with Gasteiger partial charge in [-0.1, -0.05) is 26.0 Å². The molecule has 0 aliphatic rings. The summed E-state index contributed by atoms with van der Waals surface area (Å²) in [5.74, 6) is -0.192. The second-order valence-electron chi connectivity index (χ2n) is 4.48. The van der Waals surface area contributed by atoms with E-state index in [-0.39, 0.29) is 5.56 Å². The number of hydrogen-bond donors (Lipinski definition) is 2. The lowest BCUT2D eigenvalue weighted by atomic mass is 10.1. The Hall–Kier alpha value is -2.56. The Bertz CT molecular complexity index is 627. The molecule has 2 N–H and O–H groups in total. The Morgan fingerprint density at radius 2 is 1.78 bits per heavy atom. The van der Waals surface area contributed by atoms with E-state index < -0.39 is 11.7 Å². The lowest BCUT2D eigenvalue weighted by molar-refractivity contribution is 0.0959. The Morgan fingerprint density at radius 1 is 1.13 bits per heavy atom. The van der Waals surface area contributed by atoms with E-state index in [1.807, 2.05) is 38.1 Å². The Labute approximate surface area is 136 Å². The zero-order valence-corrected chi connectivity index (χ0v) is 13.9. The van der Waals surface area contributed by atoms with E-state index in [0.717, 1.165) is 11.3 Å². The van der Waals surface area contributed by atoms with Crippen LogP contribution >= 0.6 is 0 Å². The molecule has 2 aromatic carbocycles. The van der Waals surface area contributed by atoms with Gasteiger partial charge in [-0.05, 0) is 35.9 Å². The number of carbonyl (C=O) groups excluding carboxylic acids is 1. The highest BCUT2D eigenvalue weighted by molar-refractivity contribution is 5.94. The lowest BCUT2D eigenvalue weighted by Gasteiger charge is -2.09. The second kappa shape index (κ2) is 9.46. The molecule has 0 saturated heterocycles. The molecule has 0 aromatic heterocycles. The summed E-state index contributed by atoms with van der Waals surface area (Å²) >= 11 is 0. The third kappa shape index (κ3) is 5.29. The molecule has 0 saturated carbocycles. The molecule has 0 spiro atoms. The summed E-state index contributed by atoms with van der Waals surface area (Å²) < 4.78 is 18.9. The Kier molecular flexibility index (Phi) is 7.60. The van der Waals surface area contributed by atoms with Crippen LogP contribution in [0.2, 0.25) is 0 Å². The number of methoxy groups -OCH3 is 1. The molecule has 0 heterocycles. The second-order valence-corrected chi connectivity index (χ2v) is 4.48. The molecule has 0 aliphatic heterocycles. The monoisotopic (exact) mass is 318 g/mol. The topological polar surface area (TPSA) is 50.4 Å². The van der Waals surface area contributed by atoms with E-state index in [1.54, 1.807) is 13.2 Å². The van der Waals surface area contributed by atoms with Gasteiger partial charge in [-0.25, -0.2) is 4.39 Å². The fourth-order valence-corrected chi connectivity index (χ4v) is 1.89. The van der Waals surface area contributed by atoms with Crippen molar-refractivity contribution in [1.82, 2.24) is 5.32 Å². The predicted molar refractivity (Wildman–Crippen MR) is 91.5 cm³/mol. The fourth-order valence-electron chi connectivity index (χ4n) is 1.89. The van der Waals surface area contributed by atoms with E-state index in [1.165, 1.54) is 19.2 Å². The van der Waals surface area contributed by atoms with E-state index in [0.29, 0.717) is 12.2 Å². The van der Waals surface area contributed by atoms with E-state index in [9.17, 15) is 9.18 Å². The van der Waals surface area contributed by atoms with Crippen molar-refractivity contribution in [2.75, 3.05) is 19.5 Å². The molecule has 2 aromatic rings. The molecule has 0 fully saturated rings. The van der Waals surface area contributed by atoms with E-state index >= 15 is 0 Å².